The maximum atomic E-state index is 12.2. The summed E-state index contributed by atoms with van der Waals surface area (Å²) in [5, 5.41) is 0. The van der Waals surface area contributed by atoms with Gasteiger partial charge in [-0.15, -0.1) is 0 Å². The number of carbonyl (C=O) groups excluding carboxylic acids is 1. The SMILES string of the molecule is CN1CCN(C(=O)/C=C/c2ccccc2)C(CN)C1. The second-order valence-electron chi connectivity index (χ2n) is 4.93. The second kappa shape index (κ2) is 6.50. The van der Waals surface area contributed by atoms with E-state index in [1.165, 1.54) is 0 Å². The molecular formula is C15H21N3O. The van der Waals surface area contributed by atoms with Crippen LogP contribution in [-0.2, 0) is 4.79 Å². The van der Waals surface area contributed by atoms with E-state index >= 15 is 0 Å². The van der Waals surface area contributed by atoms with Gasteiger partial charge in [0.25, 0.3) is 0 Å². The Balaban J connectivity index is 2.01. The van der Waals surface area contributed by atoms with Crippen molar-refractivity contribution in [3.05, 3.63) is 42.0 Å². The zero-order chi connectivity index (χ0) is 13.7. The van der Waals surface area contributed by atoms with Crippen LogP contribution >= 0.6 is 0 Å². The molecule has 1 fully saturated rings. The smallest absolute Gasteiger partial charge is 0.246 e. The number of nitrogens with two attached hydrogens (primary N) is 1. The molecule has 0 aliphatic carbocycles. The molecule has 0 radical (unpaired) electrons. The van der Waals surface area contributed by atoms with Gasteiger partial charge in [-0.1, -0.05) is 30.3 Å². The lowest BCUT2D eigenvalue weighted by Crippen LogP contribution is -2.56. The van der Waals surface area contributed by atoms with Gasteiger partial charge in [0.15, 0.2) is 0 Å². The standard InChI is InChI=1S/C15H21N3O/c1-17-9-10-18(14(11-16)12-17)15(19)8-7-13-5-3-2-4-6-13/h2-8,14H,9-12,16H2,1H3/b8-7+. The van der Waals surface area contributed by atoms with Gasteiger partial charge < -0.3 is 15.5 Å². The van der Waals surface area contributed by atoms with Crippen LogP contribution in [-0.4, -0.2) is 55.0 Å². The molecule has 0 saturated carbocycles. The van der Waals surface area contributed by atoms with Crippen LogP contribution in [0.4, 0.5) is 0 Å². The Kier molecular flexibility index (Phi) is 4.71. The van der Waals surface area contributed by atoms with Gasteiger partial charge in [-0.05, 0) is 18.7 Å². The number of amides is 1. The predicted molar refractivity (Wildman–Crippen MR) is 77.5 cm³/mol. The van der Waals surface area contributed by atoms with Crippen molar-refractivity contribution in [3.63, 3.8) is 0 Å². The number of nitrogens with zero attached hydrogens (tertiary/aromatic N) is 2. The lowest BCUT2D eigenvalue weighted by Gasteiger charge is -2.39. The van der Waals surface area contributed by atoms with E-state index in [2.05, 4.69) is 11.9 Å². The average Bonchev–Trinajstić information content (AvgIpc) is 2.45. The van der Waals surface area contributed by atoms with Gasteiger partial charge >= 0.3 is 0 Å². The molecular weight excluding hydrogens is 238 g/mol. The van der Waals surface area contributed by atoms with Gasteiger partial charge in [0.05, 0.1) is 6.04 Å². The highest BCUT2D eigenvalue weighted by Crippen LogP contribution is 2.09. The molecule has 102 valence electrons. The molecule has 1 heterocycles. The van der Waals surface area contributed by atoms with E-state index in [-0.39, 0.29) is 11.9 Å². The molecule has 4 heteroatoms. The molecule has 2 N–H and O–H groups in total. The maximum absolute atomic E-state index is 12.2. The van der Waals surface area contributed by atoms with Gasteiger partial charge in [0.2, 0.25) is 5.91 Å². The Morgan fingerprint density at radius 2 is 2.11 bits per heavy atom. The molecule has 1 aromatic carbocycles. The van der Waals surface area contributed by atoms with Gasteiger partial charge in [-0.2, -0.15) is 0 Å². The fraction of sp³-hybridized carbons (Fsp3) is 0.400. The van der Waals surface area contributed by atoms with Crippen LogP contribution in [0.15, 0.2) is 36.4 Å². The van der Waals surface area contributed by atoms with Crippen molar-refractivity contribution in [1.29, 1.82) is 0 Å². The van der Waals surface area contributed by atoms with Crippen molar-refractivity contribution in [2.24, 2.45) is 5.73 Å². The third kappa shape index (κ3) is 3.66. The summed E-state index contributed by atoms with van der Waals surface area (Å²) in [6.45, 7) is 3.01. The number of rotatable bonds is 3. The molecule has 19 heavy (non-hydrogen) atoms. The van der Waals surface area contributed by atoms with Crippen molar-refractivity contribution in [1.82, 2.24) is 9.80 Å². The molecule has 1 unspecified atom stereocenters. The van der Waals surface area contributed by atoms with E-state index in [0.29, 0.717) is 6.54 Å². The first-order valence-electron chi connectivity index (χ1n) is 6.63. The zero-order valence-electron chi connectivity index (χ0n) is 11.3. The highest BCUT2D eigenvalue weighted by atomic mass is 16.2. The fourth-order valence-electron chi connectivity index (χ4n) is 2.33. The molecule has 1 aromatic rings. The van der Waals surface area contributed by atoms with E-state index in [1.54, 1.807) is 6.08 Å². The molecule has 4 nitrogen and oxygen atoms in total. The Bertz CT molecular complexity index is 444. The summed E-state index contributed by atoms with van der Waals surface area (Å²) in [4.78, 5) is 16.3. The number of carbonyl (C=O) groups is 1. The minimum absolute atomic E-state index is 0.0485. The molecule has 1 aliphatic heterocycles. The van der Waals surface area contributed by atoms with Gasteiger partial charge in [-0.3, -0.25) is 4.79 Å². The maximum Gasteiger partial charge on any atom is 0.246 e. The quantitative estimate of drug-likeness (QED) is 0.817. The summed E-state index contributed by atoms with van der Waals surface area (Å²) in [5.74, 6) is 0.0485. The minimum Gasteiger partial charge on any atom is -0.332 e. The lowest BCUT2D eigenvalue weighted by atomic mass is 10.1. The lowest BCUT2D eigenvalue weighted by molar-refractivity contribution is -0.130. The number of hydrogen-bond acceptors (Lipinski definition) is 3. The highest BCUT2D eigenvalue weighted by molar-refractivity contribution is 5.92. The third-order valence-electron chi connectivity index (χ3n) is 3.46. The monoisotopic (exact) mass is 259 g/mol. The number of hydrogen-bond donors (Lipinski definition) is 1. The summed E-state index contributed by atoms with van der Waals surface area (Å²) >= 11 is 0. The Hall–Kier alpha value is -1.65. The molecule has 0 bridgehead atoms. The van der Waals surface area contributed by atoms with Crippen LogP contribution in [0.1, 0.15) is 5.56 Å². The number of piperazine rings is 1. The third-order valence-corrected chi connectivity index (χ3v) is 3.46. The minimum atomic E-state index is 0.0485. The van der Waals surface area contributed by atoms with Crippen LogP contribution in [0.25, 0.3) is 6.08 Å². The van der Waals surface area contributed by atoms with E-state index in [1.807, 2.05) is 41.3 Å². The van der Waals surface area contributed by atoms with Crippen molar-refractivity contribution in [2.75, 3.05) is 33.2 Å². The summed E-state index contributed by atoms with van der Waals surface area (Å²) in [6.07, 6.45) is 3.50. The Morgan fingerprint density at radius 1 is 1.37 bits per heavy atom. The molecule has 2 rings (SSSR count). The van der Waals surface area contributed by atoms with Crippen LogP contribution in [0.5, 0.6) is 0 Å². The number of benzene rings is 1. The Labute approximate surface area is 114 Å². The average molecular weight is 259 g/mol. The molecule has 0 aromatic heterocycles. The molecule has 1 atom stereocenters. The first-order valence-corrected chi connectivity index (χ1v) is 6.63. The van der Waals surface area contributed by atoms with Crippen LogP contribution in [0.3, 0.4) is 0 Å². The molecule has 0 spiro atoms. The molecule has 1 amide bonds. The number of likely N-dealkylation sites (N-methyl/N-ethyl adjacent to an activating group) is 1. The summed E-state index contributed by atoms with van der Waals surface area (Å²) in [5.41, 5.74) is 6.79. The van der Waals surface area contributed by atoms with E-state index in [9.17, 15) is 4.79 Å². The molecule has 1 aliphatic rings. The van der Waals surface area contributed by atoms with Gasteiger partial charge in [-0.25, -0.2) is 0 Å². The summed E-state index contributed by atoms with van der Waals surface area (Å²) in [6, 6.07) is 9.96. The Morgan fingerprint density at radius 3 is 2.79 bits per heavy atom. The molecule has 1 saturated heterocycles. The predicted octanol–water partition coefficient (Wildman–Crippen LogP) is 0.801. The normalized spacial score (nSPS) is 20.9. The van der Waals surface area contributed by atoms with Crippen LogP contribution in [0, 0.1) is 0 Å². The largest absolute Gasteiger partial charge is 0.332 e. The van der Waals surface area contributed by atoms with E-state index < -0.39 is 0 Å². The van der Waals surface area contributed by atoms with Crippen molar-refractivity contribution < 1.29 is 4.79 Å². The van der Waals surface area contributed by atoms with Crippen LogP contribution < -0.4 is 5.73 Å². The highest BCUT2D eigenvalue weighted by Gasteiger charge is 2.26. The van der Waals surface area contributed by atoms with Gasteiger partial charge in [0, 0.05) is 32.3 Å². The first-order chi connectivity index (χ1) is 9.20. The fourth-order valence-corrected chi connectivity index (χ4v) is 2.33. The second-order valence-corrected chi connectivity index (χ2v) is 4.93. The van der Waals surface area contributed by atoms with Crippen molar-refractivity contribution in [2.45, 2.75) is 6.04 Å². The zero-order valence-corrected chi connectivity index (χ0v) is 11.3. The van der Waals surface area contributed by atoms with Crippen LogP contribution in [0.2, 0.25) is 0 Å². The van der Waals surface area contributed by atoms with Gasteiger partial charge in [0.1, 0.15) is 0 Å². The summed E-state index contributed by atoms with van der Waals surface area (Å²) < 4.78 is 0. The van der Waals surface area contributed by atoms with E-state index in [0.717, 1.165) is 25.2 Å². The van der Waals surface area contributed by atoms with Crippen molar-refractivity contribution in [3.8, 4) is 0 Å². The topological polar surface area (TPSA) is 49.6 Å². The van der Waals surface area contributed by atoms with E-state index in [4.69, 9.17) is 5.73 Å². The first kappa shape index (κ1) is 13.8. The summed E-state index contributed by atoms with van der Waals surface area (Å²) in [7, 11) is 2.06. The van der Waals surface area contributed by atoms with Crippen molar-refractivity contribution >= 4 is 12.0 Å².